The molecular weight excluding hydrogens is 288 g/mol. The molecule has 0 amide bonds. The van der Waals surface area contributed by atoms with Crippen molar-refractivity contribution in [1.29, 1.82) is 0 Å². The molecule has 3 aromatic rings. The van der Waals surface area contributed by atoms with Crippen LogP contribution in [-0.4, -0.2) is 25.1 Å². The van der Waals surface area contributed by atoms with Gasteiger partial charge in [-0.1, -0.05) is 44.2 Å². The van der Waals surface area contributed by atoms with Crippen molar-refractivity contribution in [3.63, 3.8) is 0 Å². The van der Waals surface area contributed by atoms with Gasteiger partial charge >= 0.3 is 0 Å². The van der Waals surface area contributed by atoms with Crippen LogP contribution in [0.5, 0.6) is 0 Å². The van der Waals surface area contributed by atoms with E-state index in [0.717, 1.165) is 28.7 Å². The molecule has 23 heavy (non-hydrogen) atoms. The zero-order valence-electron chi connectivity index (χ0n) is 13.5. The maximum atomic E-state index is 4.50. The molecule has 0 radical (unpaired) electrons. The Morgan fingerprint density at radius 2 is 1.87 bits per heavy atom. The molecule has 6 heteroatoms. The fraction of sp³-hybridized carbons (Fsp3) is 0.294. The largest absolute Gasteiger partial charge is 0.363 e. The van der Waals surface area contributed by atoms with Crippen molar-refractivity contribution in [3.8, 4) is 11.4 Å². The minimum Gasteiger partial charge on any atom is -0.363 e. The zero-order valence-corrected chi connectivity index (χ0v) is 13.5. The van der Waals surface area contributed by atoms with Crippen molar-refractivity contribution in [2.45, 2.75) is 33.2 Å². The van der Waals surface area contributed by atoms with E-state index >= 15 is 0 Å². The van der Waals surface area contributed by atoms with Crippen LogP contribution in [0.2, 0.25) is 0 Å². The van der Waals surface area contributed by atoms with Crippen molar-refractivity contribution in [3.05, 3.63) is 53.7 Å². The molecule has 0 aliphatic rings. The fourth-order valence-electron chi connectivity index (χ4n) is 2.24. The molecule has 118 valence electrons. The number of hydrogen-bond acceptors (Lipinski definition) is 5. The average molecular weight is 308 g/mol. The molecule has 0 unspecified atom stereocenters. The molecular formula is C17H20N6. The first kappa shape index (κ1) is 15.1. The van der Waals surface area contributed by atoms with E-state index in [1.165, 1.54) is 0 Å². The summed E-state index contributed by atoms with van der Waals surface area (Å²) in [6.45, 7) is 6.68. The summed E-state index contributed by atoms with van der Waals surface area (Å²) in [6, 6.07) is 11.9. The molecule has 0 saturated heterocycles. The quantitative estimate of drug-likeness (QED) is 0.756. The van der Waals surface area contributed by atoms with E-state index in [4.69, 9.17) is 0 Å². The van der Waals surface area contributed by atoms with E-state index in [9.17, 15) is 0 Å². The summed E-state index contributed by atoms with van der Waals surface area (Å²) in [6.07, 6.45) is 0. The number of nitrogens with zero attached hydrogens (tertiary/aromatic N) is 4. The van der Waals surface area contributed by atoms with Crippen molar-refractivity contribution in [2.24, 2.45) is 0 Å². The summed E-state index contributed by atoms with van der Waals surface area (Å²) in [5.41, 5.74) is 2.03. The molecule has 0 fully saturated rings. The Labute approximate surface area is 135 Å². The number of rotatable bonds is 5. The average Bonchev–Trinajstić information content (AvgIpc) is 3.02. The van der Waals surface area contributed by atoms with Crippen molar-refractivity contribution in [2.75, 3.05) is 5.32 Å². The maximum Gasteiger partial charge on any atom is 0.181 e. The van der Waals surface area contributed by atoms with Crippen LogP contribution in [0.1, 0.15) is 37.1 Å². The summed E-state index contributed by atoms with van der Waals surface area (Å²) >= 11 is 0. The molecule has 2 N–H and O–H groups in total. The second-order valence-corrected chi connectivity index (χ2v) is 5.71. The van der Waals surface area contributed by atoms with Crippen LogP contribution in [0.4, 0.5) is 5.82 Å². The Kier molecular flexibility index (Phi) is 4.32. The van der Waals surface area contributed by atoms with Gasteiger partial charge in [0.1, 0.15) is 17.5 Å². The highest BCUT2D eigenvalue weighted by Gasteiger charge is 2.08. The van der Waals surface area contributed by atoms with E-state index in [1.54, 1.807) is 0 Å². The van der Waals surface area contributed by atoms with E-state index in [2.05, 4.69) is 44.3 Å². The SMILES string of the molecule is Cc1nc(NCc2nc(-c3ccccc3)n[nH]2)cc(C(C)C)n1. The minimum atomic E-state index is 0.368. The van der Waals surface area contributed by atoms with Gasteiger partial charge in [0.2, 0.25) is 0 Å². The van der Waals surface area contributed by atoms with Crippen LogP contribution in [0.25, 0.3) is 11.4 Å². The molecule has 0 atom stereocenters. The summed E-state index contributed by atoms with van der Waals surface area (Å²) in [7, 11) is 0. The standard InChI is InChI=1S/C17H20N6/c1-11(2)14-9-15(20-12(3)19-14)18-10-16-21-17(23-22-16)13-7-5-4-6-8-13/h4-9,11H,10H2,1-3H3,(H,18,19,20)(H,21,22,23). The molecule has 6 nitrogen and oxygen atoms in total. The van der Waals surface area contributed by atoms with E-state index in [0.29, 0.717) is 18.3 Å². The van der Waals surface area contributed by atoms with Crippen LogP contribution in [0.3, 0.4) is 0 Å². The van der Waals surface area contributed by atoms with Crippen LogP contribution in [0, 0.1) is 6.92 Å². The molecule has 0 spiro atoms. The third-order valence-corrected chi connectivity index (χ3v) is 3.45. The molecule has 2 heterocycles. The van der Waals surface area contributed by atoms with Gasteiger partial charge in [0, 0.05) is 17.3 Å². The molecule has 0 aliphatic carbocycles. The van der Waals surface area contributed by atoms with Gasteiger partial charge in [0.25, 0.3) is 0 Å². The molecule has 0 saturated carbocycles. The van der Waals surface area contributed by atoms with Crippen molar-refractivity contribution >= 4 is 5.82 Å². The van der Waals surface area contributed by atoms with Gasteiger partial charge in [0.05, 0.1) is 6.54 Å². The van der Waals surface area contributed by atoms with Gasteiger partial charge in [-0.05, 0) is 12.8 Å². The molecule has 0 aliphatic heterocycles. The number of benzene rings is 1. The first-order valence-electron chi connectivity index (χ1n) is 7.68. The number of aromatic amines is 1. The van der Waals surface area contributed by atoms with Crippen LogP contribution >= 0.6 is 0 Å². The monoisotopic (exact) mass is 308 g/mol. The lowest BCUT2D eigenvalue weighted by atomic mass is 10.1. The molecule has 2 aromatic heterocycles. The Balaban J connectivity index is 1.71. The number of nitrogens with one attached hydrogen (secondary N) is 2. The van der Waals surface area contributed by atoms with E-state index < -0.39 is 0 Å². The third-order valence-electron chi connectivity index (χ3n) is 3.45. The van der Waals surface area contributed by atoms with Gasteiger partial charge in [-0.15, -0.1) is 0 Å². The van der Waals surface area contributed by atoms with Gasteiger partial charge in [-0.25, -0.2) is 15.0 Å². The summed E-state index contributed by atoms with van der Waals surface area (Å²) < 4.78 is 0. The number of aryl methyl sites for hydroxylation is 1. The Morgan fingerprint density at radius 1 is 1.09 bits per heavy atom. The van der Waals surface area contributed by atoms with Gasteiger partial charge < -0.3 is 5.32 Å². The summed E-state index contributed by atoms with van der Waals surface area (Å²) in [4.78, 5) is 13.4. The number of aromatic nitrogens is 5. The number of hydrogen-bond donors (Lipinski definition) is 2. The first-order valence-corrected chi connectivity index (χ1v) is 7.68. The van der Waals surface area contributed by atoms with Crippen molar-refractivity contribution < 1.29 is 0 Å². The van der Waals surface area contributed by atoms with Gasteiger partial charge in [0.15, 0.2) is 5.82 Å². The predicted octanol–water partition coefficient (Wildman–Crippen LogP) is 3.31. The second-order valence-electron chi connectivity index (χ2n) is 5.71. The minimum absolute atomic E-state index is 0.368. The van der Waals surface area contributed by atoms with E-state index in [-0.39, 0.29) is 0 Å². The second kappa shape index (κ2) is 6.56. The van der Waals surface area contributed by atoms with Crippen LogP contribution in [-0.2, 0) is 6.54 Å². The Hall–Kier alpha value is -2.76. The number of anilines is 1. The number of H-pyrrole nitrogens is 1. The lowest BCUT2D eigenvalue weighted by Gasteiger charge is -2.09. The molecule has 3 rings (SSSR count). The highest BCUT2D eigenvalue weighted by atomic mass is 15.2. The molecule has 0 bridgehead atoms. The van der Waals surface area contributed by atoms with E-state index in [1.807, 2.05) is 43.3 Å². The predicted molar refractivity (Wildman–Crippen MR) is 90.0 cm³/mol. The smallest absolute Gasteiger partial charge is 0.181 e. The van der Waals surface area contributed by atoms with Crippen LogP contribution in [0.15, 0.2) is 36.4 Å². The Morgan fingerprint density at radius 3 is 2.61 bits per heavy atom. The van der Waals surface area contributed by atoms with Gasteiger partial charge in [-0.2, -0.15) is 5.10 Å². The lowest BCUT2D eigenvalue weighted by molar-refractivity contribution is 0.800. The Bertz CT molecular complexity index is 779. The fourth-order valence-corrected chi connectivity index (χ4v) is 2.24. The van der Waals surface area contributed by atoms with Crippen LogP contribution < -0.4 is 5.32 Å². The zero-order chi connectivity index (χ0) is 16.2. The topological polar surface area (TPSA) is 79.4 Å². The highest BCUT2D eigenvalue weighted by molar-refractivity contribution is 5.53. The van der Waals surface area contributed by atoms with Gasteiger partial charge in [-0.3, -0.25) is 5.10 Å². The summed E-state index contributed by atoms with van der Waals surface area (Å²) in [5, 5.41) is 10.5. The maximum absolute atomic E-state index is 4.50. The summed E-state index contributed by atoms with van der Waals surface area (Å²) in [5.74, 6) is 3.41. The molecule has 1 aromatic carbocycles. The highest BCUT2D eigenvalue weighted by Crippen LogP contribution is 2.16. The first-order chi connectivity index (χ1) is 11.1. The third kappa shape index (κ3) is 3.71. The normalized spacial score (nSPS) is 11.0. The van der Waals surface area contributed by atoms with Crippen molar-refractivity contribution in [1.82, 2.24) is 25.1 Å². The lowest BCUT2D eigenvalue weighted by Crippen LogP contribution is -2.06.